The Bertz CT molecular complexity index is 1170. The molecule has 7 heteroatoms. The monoisotopic (exact) mass is 432 g/mol. The number of nitrogens with zero attached hydrogens (tertiary/aromatic N) is 2. The van der Waals surface area contributed by atoms with Crippen LogP contribution in [0.1, 0.15) is 42.3 Å². The Morgan fingerprint density at radius 2 is 1.94 bits per heavy atom. The van der Waals surface area contributed by atoms with Gasteiger partial charge in [-0.05, 0) is 74.4 Å². The molecule has 1 fully saturated rings. The van der Waals surface area contributed by atoms with E-state index in [4.69, 9.17) is 9.15 Å². The van der Waals surface area contributed by atoms with Gasteiger partial charge >= 0.3 is 0 Å². The number of amides is 1. The van der Waals surface area contributed by atoms with Crippen molar-refractivity contribution in [2.45, 2.75) is 39.5 Å². The van der Waals surface area contributed by atoms with E-state index in [-0.39, 0.29) is 24.0 Å². The Morgan fingerprint density at radius 3 is 2.56 bits per heavy atom. The molecule has 1 unspecified atom stereocenters. The van der Waals surface area contributed by atoms with Gasteiger partial charge in [-0.1, -0.05) is 0 Å². The van der Waals surface area contributed by atoms with E-state index >= 15 is 0 Å². The Labute approximate surface area is 186 Å². The van der Waals surface area contributed by atoms with E-state index in [9.17, 15) is 14.7 Å². The number of hydrogen-bond acceptors (Lipinski definition) is 6. The molecule has 0 radical (unpaired) electrons. The van der Waals surface area contributed by atoms with Crippen molar-refractivity contribution < 1.29 is 23.8 Å². The van der Waals surface area contributed by atoms with Crippen LogP contribution < -0.4 is 4.74 Å². The molecule has 1 amide bonds. The van der Waals surface area contributed by atoms with Gasteiger partial charge in [-0.3, -0.25) is 14.6 Å². The third-order valence-electron chi connectivity index (χ3n) is 5.28. The van der Waals surface area contributed by atoms with E-state index in [2.05, 4.69) is 4.98 Å². The lowest BCUT2D eigenvalue weighted by molar-refractivity contribution is -0.140. The summed E-state index contributed by atoms with van der Waals surface area (Å²) in [5.41, 5.74) is 1.95. The van der Waals surface area contributed by atoms with Gasteiger partial charge in [0.15, 0.2) is 0 Å². The molecule has 0 bridgehead atoms. The van der Waals surface area contributed by atoms with Crippen LogP contribution in [0.2, 0.25) is 0 Å². The molecule has 1 aromatic carbocycles. The lowest BCUT2D eigenvalue weighted by atomic mass is 9.95. The highest BCUT2D eigenvalue weighted by Gasteiger charge is 2.46. The molecule has 4 rings (SSSR count). The number of aryl methyl sites for hydroxylation is 1. The molecule has 164 valence electrons. The average molecular weight is 432 g/mol. The molecular formula is C25H24N2O5. The minimum atomic E-state index is -0.769. The lowest BCUT2D eigenvalue weighted by Gasteiger charge is -2.24. The number of carbonyl (C=O) groups excluding carboxylic acids is 2. The molecule has 32 heavy (non-hydrogen) atoms. The molecule has 7 nitrogen and oxygen atoms in total. The first-order valence-corrected chi connectivity index (χ1v) is 10.3. The number of aliphatic hydroxyl groups excluding tert-OH is 1. The largest absolute Gasteiger partial charge is 0.507 e. The van der Waals surface area contributed by atoms with E-state index in [1.54, 1.807) is 54.9 Å². The van der Waals surface area contributed by atoms with Crippen LogP contribution >= 0.6 is 0 Å². The second-order valence-electron chi connectivity index (χ2n) is 7.93. The number of aromatic nitrogens is 1. The standard InChI is InChI=1S/C25H24N2O5/c1-15(2)32-20-7-6-18(13-16(20)3)23(28)21-22(17-8-10-26-11-9-17)27(25(30)24(21)29)14-19-5-4-12-31-19/h4-13,15,22,28H,14H2,1-3H3/b23-21-. The van der Waals surface area contributed by atoms with E-state index < -0.39 is 17.7 Å². The van der Waals surface area contributed by atoms with Gasteiger partial charge in [0.25, 0.3) is 11.7 Å². The van der Waals surface area contributed by atoms with Crippen molar-refractivity contribution in [3.63, 3.8) is 0 Å². The van der Waals surface area contributed by atoms with Crippen molar-refractivity contribution in [3.8, 4) is 5.75 Å². The maximum Gasteiger partial charge on any atom is 0.296 e. The zero-order valence-electron chi connectivity index (χ0n) is 18.1. The normalized spacial score (nSPS) is 17.9. The van der Waals surface area contributed by atoms with Crippen LogP contribution in [0.15, 0.2) is 71.1 Å². The highest BCUT2D eigenvalue weighted by atomic mass is 16.5. The quantitative estimate of drug-likeness (QED) is 0.353. The van der Waals surface area contributed by atoms with Crippen molar-refractivity contribution in [2.24, 2.45) is 0 Å². The van der Waals surface area contributed by atoms with Crippen LogP contribution in [0.4, 0.5) is 0 Å². The summed E-state index contributed by atoms with van der Waals surface area (Å²) in [5, 5.41) is 11.2. The molecule has 1 aliphatic rings. The number of furan rings is 1. The van der Waals surface area contributed by atoms with Gasteiger partial charge in [-0.15, -0.1) is 0 Å². The smallest absolute Gasteiger partial charge is 0.296 e. The van der Waals surface area contributed by atoms with Crippen LogP contribution in [0.3, 0.4) is 0 Å². The number of rotatable bonds is 6. The Balaban J connectivity index is 1.81. The maximum absolute atomic E-state index is 13.1. The second kappa shape index (κ2) is 8.70. The van der Waals surface area contributed by atoms with E-state index in [1.165, 1.54) is 11.2 Å². The topological polar surface area (TPSA) is 92.9 Å². The molecule has 2 aromatic heterocycles. The van der Waals surface area contributed by atoms with Crippen molar-refractivity contribution in [1.29, 1.82) is 0 Å². The fourth-order valence-corrected chi connectivity index (χ4v) is 3.84. The van der Waals surface area contributed by atoms with Gasteiger partial charge in [-0.25, -0.2) is 0 Å². The fraction of sp³-hybridized carbons (Fsp3) is 0.240. The maximum atomic E-state index is 13.1. The molecule has 0 spiro atoms. The number of hydrogen-bond donors (Lipinski definition) is 1. The van der Waals surface area contributed by atoms with Gasteiger partial charge < -0.3 is 19.2 Å². The summed E-state index contributed by atoms with van der Waals surface area (Å²) in [6, 6.07) is 11.3. The third kappa shape index (κ3) is 4.01. The summed E-state index contributed by atoms with van der Waals surface area (Å²) in [5.74, 6) is -0.430. The Hall–Kier alpha value is -3.87. The first-order chi connectivity index (χ1) is 15.4. The van der Waals surface area contributed by atoms with Gasteiger partial charge in [0, 0.05) is 18.0 Å². The summed E-state index contributed by atoms with van der Waals surface area (Å²) in [7, 11) is 0. The number of ether oxygens (including phenoxy) is 1. The van der Waals surface area contributed by atoms with Crippen LogP contribution in [0.5, 0.6) is 5.75 Å². The Morgan fingerprint density at radius 1 is 1.19 bits per heavy atom. The van der Waals surface area contributed by atoms with Gasteiger partial charge in [0.05, 0.1) is 30.5 Å². The summed E-state index contributed by atoms with van der Waals surface area (Å²) >= 11 is 0. The molecule has 1 aliphatic heterocycles. The van der Waals surface area contributed by atoms with Crippen molar-refractivity contribution in [3.05, 3.63) is 89.1 Å². The summed E-state index contributed by atoms with van der Waals surface area (Å²) in [6.07, 6.45) is 4.69. The van der Waals surface area contributed by atoms with Crippen LogP contribution in [-0.2, 0) is 16.1 Å². The van der Waals surface area contributed by atoms with Crippen molar-refractivity contribution in [1.82, 2.24) is 9.88 Å². The summed E-state index contributed by atoms with van der Waals surface area (Å²) in [4.78, 5) is 31.5. The first kappa shape index (κ1) is 21.4. The minimum Gasteiger partial charge on any atom is -0.507 e. The van der Waals surface area contributed by atoms with Gasteiger partial charge in [0.2, 0.25) is 0 Å². The van der Waals surface area contributed by atoms with Crippen LogP contribution in [-0.4, -0.2) is 32.8 Å². The number of pyridine rings is 1. The number of benzene rings is 1. The van der Waals surface area contributed by atoms with E-state index in [0.717, 1.165) is 5.56 Å². The highest BCUT2D eigenvalue weighted by Crippen LogP contribution is 2.40. The summed E-state index contributed by atoms with van der Waals surface area (Å²) in [6.45, 7) is 5.83. The Kier molecular flexibility index (Phi) is 5.81. The zero-order valence-corrected chi connectivity index (χ0v) is 18.1. The molecule has 1 atom stereocenters. The molecule has 3 aromatic rings. The minimum absolute atomic E-state index is 0.00626. The molecule has 0 aliphatic carbocycles. The summed E-state index contributed by atoms with van der Waals surface area (Å²) < 4.78 is 11.2. The lowest BCUT2D eigenvalue weighted by Crippen LogP contribution is -2.29. The van der Waals surface area contributed by atoms with E-state index in [0.29, 0.717) is 22.6 Å². The predicted molar refractivity (Wildman–Crippen MR) is 118 cm³/mol. The fourth-order valence-electron chi connectivity index (χ4n) is 3.84. The van der Waals surface area contributed by atoms with Crippen molar-refractivity contribution >= 4 is 17.4 Å². The number of ketones is 1. The second-order valence-corrected chi connectivity index (χ2v) is 7.93. The van der Waals surface area contributed by atoms with Crippen LogP contribution in [0, 0.1) is 6.92 Å². The highest BCUT2D eigenvalue weighted by molar-refractivity contribution is 6.46. The molecule has 0 saturated carbocycles. The van der Waals surface area contributed by atoms with Crippen LogP contribution in [0.25, 0.3) is 5.76 Å². The third-order valence-corrected chi connectivity index (χ3v) is 5.28. The number of Topliss-reactive ketones (excluding diaryl/α,β-unsaturated/α-hetero) is 1. The van der Waals surface area contributed by atoms with E-state index in [1.807, 2.05) is 20.8 Å². The average Bonchev–Trinajstić information content (AvgIpc) is 3.37. The number of carbonyl (C=O) groups is 2. The SMILES string of the molecule is Cc1cc(/C(O)=C2/C(=O)C(=O)N(Cc3ccco3)C2c2ccncc2)ccc1OC(C)C. The first-order valence-electron chi connectivity index (χ1n) is 10.3. The predicted octanol–water partition coefficient (Wildman–Crippen LogP) is 4.39. The van der Waals surface area contributed by atoms with Gasteiger partial charge in [-0.2, -0.15) is 0 Å². The molecule has 3 heterocycles. The van der Waals surface area contributed by atoms with Crippen molar-refractivity contribution in [2.75, 3.05) is 0 Å². The molecular weight excluding hydrogens is 408 g/mol. The molecule has 1 saturated heterocycles. The number of likely N-dealkylation sites (tertiary alicyclic amines) is 1. The number of aliphatic hydroxyl groups is 1. The zero-order chi connectivity index (χ0) is 22.8. The van der Waals surface area contributed by atoms with Gasteiger partial charge in [0.1, 0.15) is 17.3 Å². The molecule has 1 N–H and O–H groups in total.